The summed E-state index contributed by atoms with van der Waals surface area (Å²) in [4.78, 5) is 11.2. The number of ether oxygens (including phenoxy) is 2. The molecule has 16 heavy (non-hydrogen) atoms. The molecule has 1 fully saturated rings. The van der Waals surface area contributed by atoms with Crippen LogP contribution in [0.3, 0.4) is 0 Å². The molecular weight excluding hydrogens is 206 g/mol. The van der Waals surface area contributed by atoms with Crippen molar-refractivity contribution in [3.8, 4) is 5.75 Å². The van der Waals surface area contributed by atoms with Gasteiger partial charge in [-0.1, -0.05) is 0 Å². The predicted octanol–water partition coefficient (Wildman–Crippen LogP) is 1.23. The Morgan fingerprint density at radius 2 is 2.25 bits per heavy atom. The summed E-state index contributed by atoms with van der Waals surface area (Å²) in [7, 11) is 0. The van der Waals surface area contributed by atoms with Gasteiger partial charge in [0.05, 0.1) is 5.56 Å². The number of rotatable bonds is 2. The van der Waals surface area contributed by atoms with Crippen LogP contribution in [-0.4, -0.2) is 18.1 Å². The molecule has 1 heterocycles. The van der Waals surface area contributed by atoms with Crippen molar-refractivity contribution < 1.29 is 14.3 Å². The average Bonchev–Trinajstić information content (AvgIpc) is 2.66. The molecule has 0 aromatic heterocycles. The summed E-state index contributed by atoms with van der Waals surface area (Å²) in [5.41, 5.74) is 7.34. The highest BCUT2D eigenvalue weighted by Gasteiger charge is 2.30. The summed E-state index contributed by atoms with van der Waals surface area (Å²) in [5.74, 6) is 0.527. The summed E-state index contributed by atoms with van der Waals surface area (Å²) >= 11 is 0. The topological polar surface area (TPSA) is 61.6 Å². The molecule has 0 saturated heterocycles. The van der Waals surface area contributed by atoms with Crippen molar-refractivity contribution in [3.05, 3.63) is 29.3 Å². The molecule has 0 bridgehead atoms. The smallest absolute Gasteiger partial charge is 0.338 e. The summed E-state index contributed by atoms with van der Waals surface area (Å²) in [5, 5.41) is 0. The molecule has 0 amide bonds. The lowest BCUT2D eigenvalue weighted by molar-refractivity contribution is 0.0535. The van der Waals surface area contributed by atoms with Crippen molar-refractivity contribution in [1.82, 2.24) is 0 Å². The molecule has 2 N–H and O–H groups in total. The van der Waals surface area contributed by atoms with E-state index in [2.05, 4.69) is 0 Å². The summed E-state index contributed by atoms with van der Waals surface area (Å²) in [6.07, 6.45) is 2.15. The second kappa shape index (κ2) is 3.49. The van der Waals surface area contributed by atoms with E-state index in [0.29, 0.717) is 12.2 Å². The van der Waals surface area contributed by atoms with Gasteiger partial charge in [0.15, 0.2) is 0 Å². The monoisotopic (exact) mass is 219 g/mol. The molecule has 84 valence electrons. The van der Waals surface area contributed by atoms with Gasteiger partial charge in [0, 0.05) is 11.6 Å². The number of nitrogens with two attached hydrogens (primary N) is 1. The fraction of sp³-hybridized carbons (Fsp3) is 0.417. The van der Waals surface area contributed by atoms with E-state index in [1.54, 1.807) is 12.1 Å². The number of carbonyl (C=O) groups is 1. The van der Waals surface area contributed by atoms with Crippen LogP contribution in [0, 0.1) is 0 Å². The molecule has 4 nitrogen and oxygen atoms in total. The van der Waals surface area contributed by atoms with Gasteiger partial charge >= 0.3 is 5.97 Å². The fourth-order valence-corrected chi connectivity index (χ4v) is 2.00. The van der Waals surface area contributed by atoms with Crippen LogP contribution in [0.4, 0.5) is 0 Å². The molecule has 2 atom stereocenters. The average molecular weight is 219 g/mol. The highest BCUT2D eigenvalue weighted by Crippen LogP contribution is 2.28. The Labute approximate surface area is 93.3 Å². The van der Waals surface area contributed by atoms with E-state index in [9.17, 15) is 4.79 Å². The van der Waals surface area contributed by atoms with Crippen molar-refractivity contribution >= 4 is 5.97 Å². The first-order chi connectivity index (χ1) is 7.74. The molecule has 1 unspecified atom stereocenters. The quantitative estimate of drug-likeness (QED) is 0.760. The second-order valence-electron chi connectivity index (χ2n) is 4.29. The molecule has 2 aliphatic rings. The third-order valence-electron chi connectivity index (χ3n) is 3.20. The first-order valence-corrected chi connectivity index (χ1v) is 5.46. The molecule has 4 heteroatoms. The molecule has 0 radical (unpaired) electrons. The van der Waals surface area contributed by atoms with Crippen LogP contribution in [0.1, 0.15) is 28.8 Å². The minimum absolute atomic E-state index is 0.121. The van der Waals surface area contributed by atoms with Gasteiger partial charge in [-0.2, -0.15) is 0 Å². The predicted molar refractivity (Wildman–Crippen MR) is 57.2 cm³/mol. The Kier molecular flexibility index (Phi) is 2.11. The number of hydrogen-bond donors (Lipinski definition) is 1. The minimum Gasteiger partial charge on any atom is -0.489 e. The highest BCUT2D eigenvalue weighted by molar-refractivity contribution is 5.93. The number of carbonyl (C=O) groups excluding carboxylic acids is 1. The minimum atomic E-state index is -0.248. The van der Waals surface area contributed by atoms with E-state index in [1.165, 1.54) is 0 Å². The van der Waals surface area contributed by atoms with E-state index in [0.717, 1.165) is 24.2 Å². The maximum Gasteiger partial charge on any atom is 0.338 e. The zero-order valence-corrected chi connectivity index (χ0v) is 8.81. The third kappa shape index (κ3) is 1.46. The zero-order valence-electron chi connectivity index (χ0n) is 8.81. The number of esters is 1. The molecule has 1 aliphatic carbocycles. The lowest BCUT2D eigenvalue weighted by Crippen LogP contribution is -2.47. The van der Waals surface area contributed by atoms with Crippen molar-refractivity contribution in [2.75, 3.05) is 0 Å². The van der Waals surface area contributed by atoms with Crippen LogP contribution in [0.2, 0.25) is 0 Å². The summed E-state index contributed by atoms with van der Waals surface area (Å²) in [6.45, 7) is 0.349. The molecule has 1 saturated carbocycles. The number of fused-ring (bicyclic) bond motifs is 1. The van der Waals surface area contributed by atoms with E-state index in [-0.39, 0.29) is 18.1 Å². The van der Waals surface area contributed by atoms with Gasteiger partial charge < -0.3 is 15.2 Å². The first kappa shape index (κ1) is 9.66. The molecule has 1 aliphatic heterocycles. The Morgan fingerprint density at radius 1 is 1.38 bits per heavy atom. The molecule has 1 aromatic rings. The normalized spacial score (nSPS) is 26.9. The molecular formula is C12H13NO3. The van der Waals surface area contributed by atoms with Gasteiger partial charge in [-0.25, -0.2) is 4.79 Å². The number of hydrogen-bond acceptors (Lipinski definition) is 4. The van der Waals surface area contributed by atoms with E-state index < -0.39 is 0 Å². The van der Waals surface area contributed by atoms with Gasteiger partial charge in [0.2, 0.25) is 0 Å². The van der Waals surface area contributed by atoms with Gasteiger partial charge in [0.25, 0.3) is 0 Å². The fourth-order valence-electron chi connectivity index (χ4n) is 2.00. The van der Waals surface area contributed by atoms with Gasteiger partial charge in [-0.05, 0) is 31.0 Å². The van der Waals surface area contributed by atoms with Gasteiger partial charge in [-0.15, -0.1) is 0 Å². The van der Waals surface area contributed by atoms with Crippen LogP contribution in [0.15, 0.2) is 18.2 Å². The maximum absolute atomic E-state index is 11.2. The highest BCUT2D eigenvalue weighted by atomic mass is 16.5. The van der Waals surface area contributed by atoms with Crippen molar-refractivity contribution in [3.63, 3.8) is 0 Å². The van der Waals surface area contributed by atoms with E-state index in [1.807, 2.05) is 6.07 Å². The third-order valence-corrected chi connectivity index (χ3v) is 3.20. The standard InChI is InChI=1S/C12H13NO3/c13-10-3-4-11(10)16-8-1-2-9-7(5-8)6-15-12(9)14/h1-2,5,10-11H,3-4,6,13H2/t10?,11-/m0/s1. The summed E-state index contributed by atoms with van der Waals surface area (Å²) < 4.78 is 10.7. The van der Waals surface area contributed by atoms with Crippen LogP contribution < -0.4 is 10.5 Å². The Morgan fingerprint density at radius 3 is 2.94 bits per heavy atom. The Bertz CT molecular complexity index is 444. The van der Waals surface area contributed by atoms with E-state index >= 15 is 0 Å². The lowest BCUT2D eigenvalue weighted by Gasteiger charge is -2.33. The lowest BCUT2D eigenvalue weighted by atomic mass is 9.90. The number of benzene rings is 1. The van der Waals surface area contributed by atoms with Gasteiger partial charge in [0.1, 0.15) is 18.5 Å². The maximum atomic E-state index is 11.2. The Hall–Kier alpha value is -1.55. The second-order valence-corrected chi connectivity index (χ2v) is 4.29. The Balaban J connectivity index is 1.79. The molecule has 1 aromatic carbocycles. The zero-order chi connectivity index (χ0) is 11.1. The van der Waals surface area contributed by atoms with E-state index in [4.69, 9.17) is 15.2 Å². The van der Waals surface area contributed by atoms with Crippen molar-refractivity contribution in [1.29, 1.82) is 0 Å². The first-order valence-electron chi connectivity index (χ1n) is 5.46. The molecule has 3 rings (SSSR count). The van der Waals surface area contributed by atoms with Crippen LogP contribution in [-0.2, 0) is 11.3 Å². The van der Waals surface area contributed by atoms with Crippen LogP contribution >= 0.6 is 0 Å². The SMILES string of the molecule is NC1CC[C@@H]1Oc1ccc2c(c1)COC2=O. The summed E-state index contributed by atoms with van der Waals surface area (Å²) in [6, 6.07) is 5.57. The van der Waals surface area contributed by atoms with Crippen molar-refractivity contribution in [2.24, 2.45) is 5.73 Å². The largest absolute Gasteiger partial charge is 0.489 e. The number of cyclic esters (lactones) is 1. The van der Waals surface area contributed by atoms with Crippen LogP contribution in [0.25, 0.3) is 0 Å². The van der Waals surface area contributed by atoms with Crippen LogP contribution in [0.5, 0.6) is 5.75 Å². The molecule has 0 spiro atoms. The van der Waals surface area contributed by atoms with Crippen molar-refractivity contribution in [2.45, 2.75) is 31.6 Å². The van der Waals surface area contributed by atoms with Gasteiger partial charge in [-0.3, -0.25) is 0 Å².